The lowest BCUT2D eigenvalue weighted by Crippen LogP contribution is -2.28. The Morgan fingerprint density at radius 1 is 0.411 bits per heavy atom. The van der Waals surface area contributed by atoms with E-state index < -0.39 is 6.10 Å². The normalized spacial score (nSPS) is 13.3. The van der Waals surface area contributed by atoms with Crippen molar-refractivity contribution in [3.63, 3.8) is 0 Å². The minimum Gasteiger partial charge on any atom is -0.462 e. The van der Waals surface area contributed by atoms with Crippen LogP contribution in [-0.4, -0.2) is 36.4 Å². The fourth-order valence-electron chi connectivity index (χ4n) is 5.75. The number of carbonyl (C=O) groups excluding carboxylic acids is 2. The van der Waals surface area contributed by atoms with E-state index in [0.717, 1.165) is 103 Å². The number of ether oxygens (including phenoxy) is 2. The van der Waals surface area contributed by atoms with Gasteiger partial charge in [-0.05, 0) is 96.3 Å². The molecule has 0 rings (SSSR count). The summed E-state index contributed by atoms with van der Waals surface area (Å²) >= 11 is 0. The SMILES string of the molecule is CC/C=C\C/C=C\C/C=C\C/C=C\C/C=C\CCCCCC(=O)OC(CO)COC(=O)CCCCCCCCCCCC/C=C\C/C=C\C/C=C\C/C=C\CC. The van der Waals surface area contributed by atoms with Crippen molar-refractivity contribution in [2.75, 3.05) is 13.2 Å². The third-order valence-corrected chi connectivity index (χ3v) is 9.06. The minimum absolute atomic E-state index is 0.0887. The number of esters is 2. The highest BCUT2D eigenvalue weighted by Gasteiger charge is 2.16. The summed E-state index contributed by atoms with van der Waals surface area (Å²) in [6.45, 7) is 3.87. The first kappa shape index (κ1) is 52.6. The van der Waals surface area contributed by atoms with Crippen LogP contribution in [0.15, 0.2) is 109 Å². The molecule has 0 saturated carbocycles. The lowest BCUT2D eigenvalue weighted by Gasteiger charge is -2.15. The molecule has 0 radical (unpaired) electrons. The summed E-state index contributed by atoms with van der Waals surface area (Å²) in [4.78, 5) is 24.4. The van der Waals surface area contributed by atoms with Crippen LogP contribution in [0, 0.1) is 0 Å². The number of rotatable bonds is 39. The Balaban J connectivity index is 3.63. The van der Waals surface area contributed by atoms with E-state index in [2.05, 4.69) is 123 Å². The summed E-state index contributed by atoms with van der Waals surface area (Å²) in [5.74, 6) is -0.642. The Hall–Kier alpha value is -3.44. The van der Waals surface area contributed by atoms with Gasteiger partial charge in [-0.2, -0.15) is 0 Å². The Morgan fingerprint density at radius 3 is 1.09 bits per heavy atom. The van der Waals surface area contributed by atoms with Crippen molar-refractivity contribution in [3.8, 4) is 0 Å². The summed E-state index contributed by atoms with van der Waals surface area (Å²) in [5, 5.41) is 9.59. The number of unbranched alkanes of at least 4 members (excludes halogenated alkanes) is 13. The summed E-state index contributed by atoms with van der Waals surface area (Å²) in [6.07, 6.45) is 65.9. The first-order valence-electron chi connectivity index (χ1n) is 22.4. The number of allylic oxidation sites excluding steroid dienone is 18. The fourth-order valence-corrected chi connectivity index (χ4v) is 5.75. The maximum absolute atomic E-state index is 12.2. The lowest BCUT2D eigenvalue weighted by atomic mass is 10.1. The molecular formula is C51H82O5. The van der Waals surface area contributed by atoms with Gasteiger partial charge in [-0.1, -0.05) is 181 Å². The van der Waals surface area contributed by atoms with Gasteiger partial charge in [0.2, 0.25) is 0 Å². The lowest BCUT2D eigenvalue weighted by molar-refractivity contribution is -0.161. The average Bonchev–Trinajstić information content (AvgIpc) is 3.20. The van der Waals surface area contributed by atoms with E-state index in [9.17, 15) is 14.7 Å². The van der Waals surface area contributed by atoms with Gasteiger partial charge in [0, 0.05) is 12.8 Å². The molecule has 0 heterocycles. The second kappa shape index (κ2) is 45.9. The Labute approximate surface area is 344 Å². The molecule has 0 spiro atoms. The van der Waals surface area contributed by atoms with E-state index in [0.29, 0.717) is 12.8 Å². The molecular weight excluding hydrogens is 693 g/mol. The molecule has 0 saturated heterocycles. The molecule has 1 N–H and O–H groups in total. The van der Waals surface area contributed by atoms with E-state index in [1.807, 2.05) is 0 Å². The van der Waals surface area contributed by atoms with E-state index in [4.69, 9.17) is 9.47 Å². The van der Waals surface area contributed by atoms with Gasteiger partial charge in [-0.3, -0.25) is 9.59 Å². The van der Waals surface area contributed by atoms with Crippen molar-refractivity contribution in [1.29, 1.82) is 0 Å². The van der Waals surface area contributed by atoms with Crippen LogP contribution in [0.4, 0.5) is 0 Å². The second-order valence-corrected chi connectivity index (χ2v) is 14.4. The molecule has 56 heavy (non-hydrogen) atoms. The summed E-state index contributed by atoms with van der Waals surface area (Å²) in [7, 11) is 0. The van der Waals surface area contributed by atoms with Gasteiger partial charge in [0.15, 0.2) is 6.10 Å². The van der Waals surface area contributed by atoms with Crippen LogP contribution in [0.5, 0.6) is 0 Å². The van der Waals surface area contributed by atoms with E-state index in [1.165, 1.54) is 51.4 Å². The van der Waals surface area contributed by atoms with Crippen LogP contribution >= 0.6 is 0 Å². The van der Waals surface area contributed by atoms with E-state index >= 15 is 0 Å². The topological polar surface area (TPSA) is 72.8 Å². The molecule has 0 bridgehead atoms. The number of aliphatic hydroxyl groups excluding tert-OH is 1. The minimum atomic E-state index is -0.799. The smallest absolute Gasteiger partial charge is 0.306 e. The van der Waals surface area contributed by atoms with Crippen molar-refractivity contribution in [3.05, 3.63) is 109 Å². The van der Waals surface area contributed by atoms with Gasteiger partial charge >= 0.3 is 11.9 Å². The Bertz CT molecular complexity index is 1150. The molecule has 5 heteroatoms. The Morgan fingerprint density at radius 2 is 0.714 bits per heavy atom. The van der Waals surface area contributed by atoms with Crippen molar-refractivity contribution < 1.29 is 24.2 Å². The van der Waals surface area contributed by atoms with Crippen molar-refractivity contribution in [1.82, 2.24) is 0 Å². The predicted octanol–water partition coefficient (Wildman–Crippen LogP) is 14.6. The molecule has 0 aromatic heterocycles. The van der Waals surface area contributed by atoms with Crippen LogP contribution in [-0.2, 0) is 19.1 Å². The number of aliphatic hydroxyl groups is 1. The highest BCUT2D eigenvalue weighted by molar-refractivity contribution is 5.70. The maximum Gasteiger partial charge on any atom is 0.306 e. The third-order valence-electron chi connectivity index (χ3n) is 9.06. The van der Waals surface area contributed by atoms with Crippen LogP contribution in [0.1, 0.15) is 181 Å². The monoisotopic (exact) mass is 775 g/mol. The predicted molar refractivity (Wildman–Crippen MR) is 242 cm³/mol. The molecule has 1 atom stereocenters. The maximum atomic E-state index is 12.2. The molecule has 0 aliphatic carbocycles. The molecule has 316 valence electrons. The third kappa shape index (κ3) is 43.3. The Kier molecular flexibility index (Phi) is 43.1. The molecule has 0 aromatic carbocycles. The first-order chi connectivity index (χ1) is 27.6. The highest BCUT2D eigenvalue weighted by Crippen LogP contribution is 2.13. The van der Waals surface area contributed by atoms with Crippen LogP contribution in [0.25, 0.3) is 0 Å². The zero-order valence-corrected chi connectivity index (χ0v) is 35.8. The highest BCUT2D eigenvalue weighted by atomic mass is 16.6. The van der Waals surface area contributed by atoms with Gasteiger partial charge in [-0.15, -0.1) is 0 Å². The molecule has 0 aromatic rings. The molecule has 0 fully saturated rings. The molecule has 0 aliphatic rings. The van der Waals surface area contributed by atoms with Crippen molar-refractivity contribution >= 4 is 11.9 Å². The number of hydrogen-bond donors (Lipinski definition) is 1. The first-order valence-corrected chi connectivity index (χ1v) is 22.4. The van der Waals surface area contributed by atoms with E-state index in [1.54, 1.807) is 0 Å². The molecule has 5 nitrogen and oxygen atoms in total. The number of carbonyl (C=O) groups is 2. The second-order valence-electron chi connectivity index (χ2n) is 14.4. The summed E-state index contributed by atoms with van der Waals surface area (Å²) in [6, 6.07) is 0. The standard InChI is InChI=1S/C51H82O5/c1-3-5-7-9-11-13-15-17-19-21-23-24-25-26-28-29-31-33-35-37-39-41-43-45-50(53)55-48-49(47-52)56-51(54)46-44-42-40-38-36-34-32-30-27-22-20-18-16-14-12-10-8-6-4-2/h5-8,11-14,17-20,23-24,27,30,34,36,49,52H,3-4,9-10,15-16,21-22,25-26,28-29,31-33,35,37-48H2,1-2H3/b7-5-,8-6-,13-11-,14-12-,19-17-,20-18-,24-23-,30-27-,36-34-. The van der Waals surface area contributed by atoms with Gasteiger partial charge < -0.3 is 14.6 Å². The summed E-state index contributed by atoms with van der Waals surface area (Å²) < 4.78 is 10.6. The van der Waals surface area contributed by atoms with Crippen molar-refractivity contribution in [2.24, 2.45) is 0 Å². The van der Waals surface area contributed by atoms with Crippen molar-refractivity contribution in [2.45, 2.75) is 187 Å². The largest absolute Gasteiger partial charge is 0.462 e. The van der Waals surface area contributed by atoms with Gasteiger partial charge in [0.05, 0.1) is 6.61 Å². The zero-order chi connectivity index (χ0) is 40.7. The molecule has 1 unspecified atom stereocenters. The van der Waals surface area contributed by atoms with Gasteiger partial charge in [0.25, 0.3) is 0 Å². The van der Waals surface area contributed by atoms with Crippen LogP contribution in [0.2, 0.25) is 0 Å². The quantitative estimate of drug-likeness (QED) is 0.0382. The van der Waals surface area contributed by atoms with Gasteiger partial charge in [-0.25, -0.2) is 0 Å². The van der Waals surface area contributed by atoms with Crippen LogP contribution < -0.4 is 0 Å². The fraction of sp³-hybridized carbons (Fsp3) is 0.608. The molecule has 0 amide bonds. The average molecular weight is 775 g/mol. The van der Waals surface area contributed by atoms with Gasteiger partial charge in [0.1, 0.15) is 6.61 Å². The van der Waals surface area contributed by atoms with E-state index in [-0.39, 0.29) is 25.2 Å². The zero-order valence-electron chi connectivity index (χ0n) is 35.8. The molecule has 0 aliphatic heterocycles. The summed E-state index contributed by atoms with van der Waals surface area (Å²) in [5.41, 5.74) is 0. The van der Waals surface area contributed by atoms with Crippen LogP contribution in [0.3, 0.4) is 0 Å². The number of hydrogen-bond acceptors (Lipinski definition) is 5.